The van der Waals surface area contributed by atoms with E-state index in [1.54, 1.807) is 11.4 Å². The van der Waals surface area contributed by atoms with Gasteiger partial charge in [-0.15, -0.1) is 11.3 Å². The molecule has 2 heterocycles. The van der Waals surface area contributed by atoms with Crippen molar-refractivity contribution < 1.29 is 18.3 Å². The normalized spacial score (nSPS) is 11.8. The Labute approximate surface area is 117 Å². The van der Waals surface area contributed by atoms with Gasteiger partial charge in [-0.2, -0.15) is 0 Å². The Kier molecular flexibility index (Phi) is 3.98. The highest BCUT2D eigenvalue weighted by Crippen LogP contribution is 2.24. The lowest BCUT2D eigenvalue weighted by Crippen LogP contribution is -2.10. The standard InChI is InChI=1S/C10H8N2O4S3/c13-8(14)4-3-7-6-11-10(18-7)12-19(15,16)9-2-1-5-17-9/h1-6H,(H,11,12)(H,13,14). The summed E-state index contributed by atoms with van der Waals surface area (Å²) in [6.45, 7) is 0. The van der Waals surface area contributed by atoms with E-state index in [9.17, 15) is 13.2 Å². The lowest BCUT2D eigenvalue weighted by Gasteiger charge is -2.00. The fraction of sp³-hybridized carbons (Fsp3) is 0. The van der Waals surface area contributed by atoms with E-state index >= 15 is 0 Å². The Bertz CT molecular complexity index is 701. The maximum Gasteiger partial charge on any atom is 0.328 e. The van der Waals surface area contributed by atoms with Crippen molar-refractivity contribution in [3.05, 3.63) is 34.7 Å². The van der Waals surface area contributed by atoms with Crippen molar-refractivity contribution in [1.82, 2.24) is 4.98 Å². The maximum atomic E-state index is 11.9. The first-order valence-corrected chi connectivity index (χ1v) is 8.08. The first kappa shape index (κ1) is 13.7. The first-order chi connectivity index (χ1) is 8.97. The molecule has 0 spiro atoms. The topological polar surface area (TPSA) is 96.4 Å². The molecular weight excluding hydrogens is 308 g/mol. The second kappa shape index (κ2) is 5.51. The predicted octanol–water partition coefficient (Wildman–Crippen LogP) is 2.10. The van der Waals surface area contributed by atoms with Crippen molar-refractivity contribution in [3.63, 3.8) is 0 Å². The molecule has 2 aromatic rings. The van der Waals surface area contributed by atoms with E-state index in [0.29, 0.717) is 4.88 Å². The summed E-state index contributed by atoms with van der Waals surface area (Å²) >= 11 is 2.16. The number of aliphatic carboxylic acids is 1. The number of carbonyl (C=O) groups is 1. The second-order valence-corrected chi connectivity index (χ2v) is 7.20. The van der Waals surface area contributed by atoms with Gasteiger partial charge in [0.05, 0.1) is 0 Å². The molecule has 0 unspecified atom stereocenters. The molecule has 0 atom stereocenters. The van der Waals surface area contributed by atoms with Crippen molar-refractivity contribution in [3.8, 4) is 0 Å². The third kappa shape index (κ3) is 3.63. The molecule has 0 aliphatic rings. The van der Waals surface area contributed by atoms with Crippen LogP contribution in [0.5, 0.6) is 0 Å². The van der Waals surface area contributed by atoms with E-state index in [4.69, 9.17) is 5.11 Å². The summed E-state index contributed by atoms with van der Waals surface area (Å²) in [6, 6.07) is 3.13. The quantitative estimate of drug-likeness (QED) is 0.823. The highest BCUT2D eigenvalue weighted by Gasteiger charge is 2.16. The Morgan fingerprint density at radius 3 is 2.89 bits per heavy atom. The molecule has 6 nitrogen and oxygen atoms in total. The van der Waals surface area contributed by atoms with Gasteiger partial charge in [0.2, 0.25) is 0 Å². The van der Waals surface area contributed by atoms with Crippen LogP contribution < -0.4 is 4.72 Å². The molecule has 0 radical (unpaired) electrons. The van der Waals surface area contributed by atoms with Crippen molar-refractivity contribution in [2.75, 3.05) is 4.72 Å². The van der Waals surface area contributed by atoms with Crippen molar-refractivity contribution in [2.24, 2.45) is 0 Å². The van der Waals surface area contributed by atoms with Crippen LogP contribution in [-0.4, -0.2) is 24.5 Å². The van der Waals surface area contributed by atoms with Crippen molar-refractivity contribution >= 4 is 49.9 Å². The maximum absolute atomic E-state index is 11.9. The minimum absolute atomic E-state index is 0.193. The van der Waals surface area contributed by atoms with Crippen LogP contribution in [0.25, 0.3) is 6.08 Å². The van der Waals surface area contributed by atoms with E-state index < -0.39 is 16.0 Å². The van der Waals surface area contributed by atoms with Gasteiger partial charge in [-0.25, -0.2) is 18.2 Å². The zero-order valence-corrected chi connectivity index (χ0v) is 11.8. The Morgan fingerprint density at radius 1 is 1.47 bits per heavy atom. The summed E-state index contributed by atoms with van der Waals surface area (Å²) in [5.41, 5.74) is 0. The summed E-state index contributed by atoms with van der Waals surface area (Å²) in [4.78, 5) is 14.8. The fourth-order valence-electron chi connectivity index (χ4n) is 1.15. The molecule has 100 valence electrons. The van der Waals surface area contributed by atoms with Crippen LogP contribution >= 0.6 is 22.7 Å². The molecule has 0 aromatic carbocycles. The van der Waals surface area contributed by atoms with Crippen LogP contribution in [0, 0.1) is 0 Å². The molecule has 0 aliphatic heterocycles. The molecule has 9 heteroatoms. The Hall–Kier alpha value is -1.71. The molecule has 0 saturated heterocycles. The minimum atomic E-state index is -3.61. The second-order valence-electron chi connectivity index (χ2n) is 3.28. The number of sulfonamides is 1. The first-order valence-electron chi connectivity index (χ1n) is 4.90. The highest BCUT2D eigenvalue weighted by atomic mass is 32.2. The fourth-order valence-corrected chi connectivity index (χ4v) is 4.10. The number of hydrogen-bond donors (Lipinski definition) is 2. The molecule has 0 amide bonds. The number of carboxylic acid groups (broad SMARTS) is 1. The lowest BCUT2D eigenvalue weighted by atomic mass is 10.4. The van der Waals surface area contributed by atoms with Crippen LogP contribution in [0.15, 0.2) is 34.0 Å². The van der Waals surface area contributed by atoms with Gasteiger partial charge in [0.1, 0.15) is 4.21 Å². The van der Waals surface area contributed by atoms with Gasteiger partial charge in [0, 0.05) is 17.2 Å². The van der Waals surface area contributed by atoms with Gasteiger partial charge in [-0.1, -0.05) is 17.4 Å². The van der Waals surface area contributed by atoms with Crippen LogP contribution in [-0.2, 0) is 14.8 Å². The molecular formula is C10H8N2O4S3. The molecule has 2 rings (SSSR count). The number of anilines is 1. The number of nitrogens with zero attached hydrogens (tertiary/aromatic N) is 1. The number of nitrogens with one attached hydrogen (secondary N) is 1. The number of rotatable bonds is 5. The summed E-state index contributed by atoms with van der Waals surface area (Å²) in [5, 5.41) is 10.3. The van der Waals surface area contributed by atoms with Crippen molar-refractivity contribution in [1.29, 1.82) is 0 Å². The zero-order valence-electron chi connectivity index (χ0n) is 9.31. The van der Waals surface area contributed by atoms with Crippen LogP contribution in [0.1, 0.15) is 4.88 Å². The van der Waals surface area contributed by atoms with Gasteiger partial charge in [-0.05, 0) is 17.5 Å². The van der Waals surface area contributed by atoms with E-state index in [1.807, 2.05) is 0 Å². The van der Waals surface area contributed by atoms with E-state index in [1.165, 1.54) is 18.3 Å². The largest absolute Gasteiger partial charge is 0.478 e. The van der Waals surface area contributed by atoms with Crippen molar-refractivity contribution in [2.45, 2.75) is 4.21 Å². The number of hydrogen-bond acceptors (Lipinski definition) is 6. The van der Waals surface area contributed by atoms with E-state index in [-0.39, 0.29) is 9.34 Å². The SMILES string of the molecule is O=C(O)C=Cc1cnc(NS(=O)(=O)c2cccs2)s1. The molecule has 0 saturated carbocycles. The van der Waals surface area contributed by atoms with Gasteiger partial charge in [-0.3, -0.25) is 4.72 Å². The minimum Gasteiger partial charge on any atom is -0.478 e. The molecule has 0 fully saturated rings. The summed E-state index contributed by atoms with van der Waals surface area (Å²) in [6.07, 6.45) is 3.71. The average Bonchev–Trinajstić information content (AvgIpc) is 2.96. The van der Waals surface area contributed by atoms with E-state index in [2.05, 4.69) is 9.71 Å². The van der Waals surface area contributed by atoms with Gasteiger partial charge < -0.3 is 5.11 Å². The molecule has 19 heavy (non-hydrogen) atoms. The van der Waals surface area contributed by atoms with E-state index in [0.717, 1.165) is 28.7 Å². The molecule has 2 aromatic heterocycles. The zero-order chi connectivity index (χ0) is 13.9. The predicted molar refractivity (Wildman–Crippen MR) is 73.9 cm³/mol. The number of carboxylic acids is 1. The third-order valence-electron chi connectivity index (χ3n) is 1.90. The summed E-state index contributed by atoms with van der Waals surface area (Å²) < 4.78 is 26.3. The molecule has 0 aliphatic carbocycles. The smallest absolute Gasteiger partial charge is 0.328 e. The monoisotopic (exact) mass is 316 g/mol. The van der Waals surface area contributed by atoms with Crippen LogP contribution in [0.2, 0.25) is 0 Å². The molecule has 2 N–H and O–H groups in total. The highest BCUT2D eigenvalue weighted by molar-refractivity contribution is 7.94. The summed E-state index contributed by atoms with van der Waals surface area (Å²) in [7, 11) is -3.61. The van der Waals surface area contributed by atoms with Gasteiger partial charge in [0.25, 0.3) is 10.0 Å². The van der Waals surface area contributed by atoms with Crippen LogP contribution in [0.4, 0.5) is 5.13 Å². The Morgan fingerprint density at radius 2 is 2.26 bits per heavy atom. The number of thiophene rings is 1. The van der Waals surface area contributed by atoms with Gasteiger partial charge in [0.15, 0.2) is 5.13 Å². The average molecular weight is 316 g/mol. The third-order valence-corrected chi connectivity index (χ3v) is 5.64. The lowest BCUT2D eigenvalue weighted by molar-refractivity contribution is -0.131. The van der Waals surface area contributed by atoms with Gasteiger partial charge >= 0.3 is 5.97 Å². The molecule has 0 bridgehead atoms. The summed E-state index contributed by atoms with van der Waals surface area (Å²) in [5.74, 6) is -1.07. The Balaban J connectivity index is 2.15. The van der Waals surface area contributed by atoms with Crippen LogP contribution in [0.3, 0.4) is 0 Å². The number of aromatic nitrogens is 1. The number of thiazole rings is 1.